The number of hydrogen-bond acceptors (Lipinski definition) is 4. The van der Waals surface area contributed by atoms with Crippen molar-refractivity contribution in [2.45, 2.75) is 51.5 Å². The molecule has 0 aromatic heterocycles. The molecule has 6 nitrogen and oxygen atoms in total. The van der Waals surface area contributed by atoms with Crippen LogP contribution in [0.3, 0.4) is 0 Å². The first-order chi connectivity index (χ1) is 19.4. The van der Waals surface area contributed by atoms with Crippen LogP contribution in [0.1, 0.15) is 29.2 Å². The maximum Gasteiger partial charge on any atom is 0.246 e. The fraction of sp³-hybridized carbons (Fsp3) is 0.294. The van der Waals surface area contributed by atoms with Gasteiger partial charge in [0.25, 0.3) is 0 Å². The third-order valence-corrected chi connectivity index (χ3v) is 7.87. The average molecular weight is 535 g/mol. The Hall–Kier alpha value is -4.00. The van der Waals surface area contributed by atoms with Crippen LogP contribution >= 0.6 is 0 Å². The fourth-order valence-electron chi connectivity index (χ4n) is 5.59. The van der Waals surface area contributed by atoms with E-state index in [1.807, 2.05) is 74.5 Å². The molecular formula is C34H38N4O2. The monoisotopic (exact) mass is 534 g/mol. The summed E-state index contributed by atoms with van der Waals surface area (Å²) in [5.41, 5.74) is 10.5. The van der Waals surface area contributed by atoms with Crippen LogP contribution in [0, 0.1) is 6.92 Å². The SMILES string of the molecule is Cc1cccc(CC2C(=O)N(Cc3ccccc3)C(C)C(=O)N2CC(CN)NCc2ccc3ccccc3c2)c1. The van der Waals surface area contributed by atoms with Gasteiger partial charge < -0.3 is 20.9 Å². The minimum absolute atomic E-state index is 0.0252. The number of piperazine rings is 1. The van der Waals surface area contributed by atoms with Crippen LogP contribution < -0.4 is 11.1 Å². The van der Waals surface area contributed by atoms with Gasteiger partial charge >= 0.3 is 0 Å². The molecule has 0 saturated carbocycles. The molecule has 2 amide bonds. The zero-order chi connectivity index (χ0) is 28.1. The number of carbonyl (C=O) groups excluding carboxylic acids is 2. The Morgan fingerprint density at radius 1 is 0.775 bits per heavy atom. The summed E-state index contributed by atoms with van der Waals surface area (Å²) >= 11 is 0. The maximum absolute atomic E-state index is 14.0. The van der Waals surface area contributed by atoms with E-state index in [4.69, 9.17) is 5.73 Å². The molecule has 40 heavy (non-hydrogen) atoms. The first-order valence-electron chi connectivity index (χ1n) is 14.0. The number of hydrogen-bond donors (Lipinski definition) is 2. The van der Waals surface area contributed by atoms with Crippen molar-refractivity contribution in [3.63, 3.8) is 0 Å². The van der Waals surface area contributed by atoms with Gasteiger partial charge in [-0.05, 0) is 47.4 Å². The molecule has 3 atom stereocenters. The molecule has 206 valence electrons. The molecule has 1 heterocycles. The van der Waals surface area contributed by atoms with Crippen molar-refractivity contribution in [3.05, 3.63) is 119 Å². The molecule has 0 radical (unpaired) electrons. The van der Waals surface area contributed by atoms with E-state index >= 15 is 0 Å². The number of fused-ring (bicyclic) bond motifs is 1. The van der Waals surface area contributed by atoms with Crippen molar-refractivity contribution in [3.8, 4) is 0 Å². The summed E-state index contributed by atoms with van der Waals surface area (Å²) in [4.78, 5) is 31.4. The Bertz CT molecular complexity index is 1470. The second-order valence-corrected chi connectivity index (χ2v) is 10.8. The molecule has 4 aromatic rings. The summed E-state index contributed by atoms with van der Waals surface area (Å²) in [7, 11) is 0. The first kappa shape index (κ1) is 27.6. The third kappa shape index (κ3) is 6.24. The highest BCUT2D eigenvalue weighted by molar-refractivity contribution is 5.97. The molecule has 1 aliphatic rings. The van der Waals surface area contributed by atoms with E-state index in [1.165, 1.54) is 10.8 Å². The van der Waals surface area contributed by atoms with Gasteiger partial charge in [-0.25, -0.2) is 0 Å². The van der Waals surface area contributed by atoms with Crippen molar-refractivity contribution in [2.75, 3.05) is 13.1 Å². The van der Waals surface area contributed by atoms with Gasteiger partial charge in [0.05, 0.1) is 0 Å². The van der Waals surface area contributed by atoms with Crippen LogP contribution in [0.25, 0.3) is 10.8 Å². The number of carbonyl (C=O) groups is 2. The molecule has 3 N–H and O–H groups in total. The largest absolute Gasteiger partial charge is 0.329 e. The van der Waals surface area contributed by atoms with Crippen LogP contribution in [0.2, 0.25) is 0 Å². The molecule has 6 heteroatoms. The highest BCUT2D eigenvalue weighted by Gasteiger charge is 2.44. The third-order valence-electron chi connectivity index (χ3n) is 7.87. The van der Waals surface area contributed by atoms with Gasteiger partial charge in [-0.2, -0.15) is 0 Å². The molecule has 5 rings (SSSR count). The summed E-state index contributed by atoms with van der Waals surface area (Å²) in [6.07, 6.45) is 0.465. The molecule has 0 spiro atoms. The Labute approximate surface area is 236 Å². The number of nitrogens with zero attached hydrogens (tertiary/aromatic N) is 2. The quantitative estimate of drug-likeness (QED) is 0.315. The zero-order valence-electron chi connectivity index (χ0n) is 23.3. The standard InChI is InChI=1S/C34H38N4O2/c1-24-9-8-12-27(17-24)19-32-34(40)37(22-26-10-4-3-5-11-26)25(2)33(39)38(32)23-31(20-35)36-21-28-15-16-29-13-6-7-14-30(29)18-28/h3-18,25,31-32,36H,19-23,35H2,1-2H3. The molecule has 1 aliphatic heterocycles. The van der Waals surface area contributed by atoms with E-state index in [9.17, 15) is 9.59 Å². The molecule has 1 fully saturated rings. The minimum atomic E-state index is -0.592. The lowest BCUT2D eigenvalue weighted by molar-refractivity contribution is -0.162. The van der Waals surface area contributed by atoms with E-state index in [-0.39, 0.29) is 17.9 Å². The first-order valence-corrected chi connectivity index (χ1v) is 14.0. The number of rotatable bonds is 10. The van der Waals surface area contributed by atoms with Gasteiger partial charge in [-0.3, -0.25) is 9.59 Å². The van der Waals surface area contributed by atoms with Crippen LogP contribution in [0.5, 0.6) is 0 Å². The van der Waals surface area contributed by atoms with Gasteiger partial charge in [0.2, 0.25) is 11.8 Å². The molecule has 0 bridgehead atoms. The number of nitrogens with one attached hydrogen (secondary N) is 1. The predicted molar refractivity (Wildman–Crippen MR) is 160 cm³/mol. The predicted octanol–water partition coefficient (Wildman–Crippen LogP) is 4.44. The number of aryl methyl sites for hydroxylation is 1. The lowest BCUT2D eigenvalue weighted by atomic mass is 9.96. The summed E-state index contributed by atoms with van der Waals surface area (Å²) in [5.74, 6) is -0.0677. The van der Waals surface area contributed by atoms with Crippen LogP contribution in [-0.2, 0) is 29.1 Å². The highest BCUT2D eigenvalue weighted by atomic mass is 16.2. The minimum Gasteiger partial charge on any atom is -0.329 e. The Kier molecular flexibility index (Phi) is 8.58. The smallest absolute Gasteiger partial charge is 0.246 e. The van der Waals surface area contributed by atoms with Gasteiger partial charge in [-0.15, -0.1) is 0 Å². The lowest BCUT2D eigenvalue weighted by Gasteiger charge is -2.45. The molecule has 0 aliphatic carbocycles. The van der Waals surface area contributed by atoms with Crippen molar-refractivity contribution < 1.29 is 9.59 Å². The summed E-state index contributed by atoms with van der Waals surface area (Å²) in [5, 5.41) is 5.94. The Morgan fingerprint density at radius 3 is 2.25 bits per heavy atom. The van der Waals surface area contributed by atoms with Crippen molar-refractivity contribution >= 4 is 22.6 Å². The number of amides is 2. The Morgan fingerprint density at radius 2 is 1.50 bits per heavy atom. The summed E-state index contributed by atoms with van der Waals surface area (Å²) < 4.78 is 0. The van der Waals surface area contributed by atoms with E-state index < -0.39 is 12.1 Å². The number of benzene rings is 4. The second-order valence-electron chi connectivity index (χ2n) is 10.8. The van der Waals surface area contributed by atoms with E-state index in [1.54, 1.807) is 9.80 Å². The van der Waals surface area contributed by atoms with Crippen LogP contribution in [-0.4, -0.2) is 52.8 Å². The van der Waals surface area contributed by atoms with Gasteiger partial charge in [0.15, 0.2) is 0 Å². The summed E-state index contributed by atoms with van der Waals surface area (Å²) in [6.45, 7) is 5.63. The van der Waals surface area contributed by atoms with E-state index in [0.717, 1.165) is 22.3 Å². The van der Waals surface area contributed by atoms with Gasteiger partial charge in [0, 0.05) is 38.6 Å². The maximum atomic E-state index is 14.0. The second kappa shape index (κ2) is 12.5. The highest BCUT2D eigenvalue weighted by Crippen LogP contribution is 2.24. The van der Waals surface area contributed by atoms with Crippen molar-refractivity contribution in [1.82, 2.24) is 15.1 Å². The van der Waals surface area contributed by atoms with Crippen molar-refractivity contribution in [2.24, 2.45) is 5.73 Å². The molecule has 3 unspecified atom stereocenters. The fourth-order valence-corrected chi connectivity index (χ4v) is 5.59. The summed E-state index contributed by atoms with van der Waals surface area (Å²) in [6, 6.07) is 31.4. The van der Waals surface area contributed by atoms with Gasteiger partial charge in [-0.1, -0.05) is 96.6 Å². The zero-order valence-corrected chi connectivity index (χ0v) is 23.3. The normalized spacial score (nSPS) is 18.4. The van der Waals surface area contributed by atoms with Crippen LogP contribution in [0.15, 0.2) is 97.1 Å². The molecular weight excluding hydrogens is 496 g/mol. The topological polar surface area (TPSA) is 78.7 Å². The number of nitrogens with two attached hydrogens (primary N) is 1. The van der Waals surface area contributed by atoms with E-state index in [2.05, 4.69) is 41.7 Å². The Balaban J connectivity index is 1.36. The van der Waals surface area contributed by atoms with Gasteiger partial charge in [0.1, 0.15) is 12.1 Å². The average Bonchev–Trinajstić information content (AvgIpc) is 2.98. The lowest BCUT2D eigenvalue weighted by Crippen LogP contribution is -2.66. The molecule has 4 aromatic carbocycles. The van der Waals surface area contributed by atoms with E-state index in [0.29, 0.717) is 32.6 Å². The van der Waals surface area contributed by atoms with Crippen molar-refractivity contribution in [1.29, 1.82) is 0 Å². The van der Waals surface area contributed by atoms with Crippen LogP contribution in [0.4, 0.5) is 0 Å². The molecule has 1 saturated heterocycles.